The summed E-state index contributed by atoms with van der Waals surface area (Å²) in [6.45, 7) is 4.43. The minimum absolute atomic E-state index is 0.0440. The molecule has 1 heterocycles. The van der Waals surface area contributed by atoms with Crippen molar-refractivity contribution < 1.29 is 17.9 Å². The molecule has 1 amide bonds. The van der Waals surface area contributed by atoms with Crippen molar-refractivity contribution in [1.82, 2.24) is 9.21 Å². The molecule has 1 aromatic rings. The monoisotopic (exact) mass is 340 g/mol. The first-order valence-electron chi connectivity index (χ1n) is 7.78. The number of benzene rings is 1. The van der Waals surface area contributed by atoms with E-state index in [0.717, 1.165) is 5.56 Å². The molecule has 0 spiro atoms. The van der Waals surface area contributed by atoms with Gasteiger partial charge in [0.25, 0.3) is 0 Å². The van der Waals surface area contributed by atoms with Crippen molar-refractivity contribution in [1.29, 1.82) is 0 Å². The average Bonchev–Trinajstić information content (AvgIpc) is 2.54. The van der Waals surface area contributed by atoms with Crippen molar-refractivity contribution in [2.24, 2.45) is 0 Å². The highest BCUT2D eigenvalue weighted by atomic mass is 32.2. The van der Waals surface area contributed by atoms with Gasteiger partial charge in [0, 0.05) is 32.1 Å². The van der Waals surface area contributed by atoms with Crippen molar-refractivity contribution in [3.63, 3.8) is 0 Å². The second-order valence-electron chi connectivity index (χ2n) is 5.65. The maximum atomic E-state index is 12.6. The Labute approximate surface area is 138 Å². The Hall–Kier alpha value is -1.60. The number of hydrogen-bond acceptors (Lipinski definition) is 4. The number of sulfonamides is 1. The van der Waals surface area contributed by atoms with Crippen LogP contribution in [0.1, 0.15) is 31.9 Å². The van der Waals surface area contributed by atoms with Crippen LogP contribution in [0, 0.1) is 0 Å². The lowest BCUT2D eigenvalue weighted by molar-refractivity contribution is -0.131. The van der Waals surface area contributed by atoms with E-state index in [9.17, 15) is 13.2 Å². The van der Waals surface area contributed by atoms with Crippen LogP contribution in [-0.2, 0) is 14.8 Å². The van der Waals surface area contributed by atoms with Crippen LogP contribution in [-0.4, -0.2) is 56.0 Å². The summed E-state index contributed by atoms with van der Waals surface area (Å²) in [6, 6.07) is 6.96. The third kappa shape index (κ3) is 3.84. The molecule has 0 unspecified atom stereocenters. The topological polar surface area (TPSA) is 66.9 Å². The second kappa shape index (κ2) is 7.31. The van der Waals surface area contributed by atoms with Gasteiger partial charge in [0.05, 0.1) is 18.9 Å². The zero-order valence-corrected chi connectivity index (χ0v) is 14.7. The largest absolute Gasteiger partial charge is 0.496 e. The molecule has 1 fully saturated rings. The summed E-state index contributed by atoms with van der Waals surface area (Å²) in [6.07, 6.45) is 0.563. The second-order valence-corrected chi connectivity index (χ2v) is 7.69. The number of piperazine rings is 1. The Bertz CT molecular complexity index is 660. The highest BCUT2D eigenvalue weighted by molar-refractivity contribution is 7.89. The molecular formula is C16H24N2O4S. The molecule has 1 atom stereocenters. The lowest BCUT2D eigenvalue weighted by Crippen LogP contribution is -2.52. The first-order chi connectivity index (χ1) is 10.9. The average molecular weight is 340 g/mol. The Balaban J connectivity index is 2.43. The Morgan fingerprint density at radius 2 is 2.00 bits per heavy atom. The van der Waals surface area contributed by atoms with Gasteiger partial charge in [-0.1, -0.05) is 25.1 Å². The molecule has 0 N–H and O–H groups in total. The van der Waals surface area contributed by atoms with E-state index in [1.807, 2.05) is 31.2 Å². The number of carbonyl (C=O) groups excluding carboxylic acids is 1. The number of carbonyl (C=O) groups is 1. The first kappa shape index (κ1) is 17.7. The van der Waals surface area contributed by atoms with Gasteiger partial charge in [0.1, 0.15) is 5.75 Å². The lowest BCUT2D eigenvalue weighted by Gasteiger charge is -2.40. The van der Waals surface area contributed by atoms with Crippen LogP contribution in [0.3, 0.4) is 0 Å². The Morgan fingerprint density at radius 3 is 2.61 bits per heavy atom. The van der Waals surface area contributed by atoms with Crippen molar-refractivity contribution >= 4 is 15.9 Å². The molecule has 1 aliphatic rings. The molecule has 0 saturated carbocycles. The van der Waals surface area contributed by atoms with Crippen molar-refractivity contribution in [2.45, 2.75) is 26.3 Å². The molecule has 1 saturated heterocycles. The lowest BCUT2D eigenvalue weighted by atomic mass is 10.0. The molecule has 128 valence electrons. The molecule has 1 aromatic carbocycles. The predicted molar refractivity (Wildman–Crippen MR) is 88.8 cm³/mol. The summed E-state index contributed by atoms with van der Waals surface area (Å²) >= 11 is 0. The highest BCUT2D eigenvalue weighted by Crippen LogP contribution is 2.34. The van der Waals surface area contributed by atoms with Gasteiger partial charge < -0.3 is 9.64 Å². The van der Waals surface area contributed by atoms with E-state index in [0.29, 0.717) is 31.8 Å². The van der Waals surface area contributed by atoms with Crippen LogP contribution in [0.5, 0.6) is 5.75 Å². The smallest absolute Gasteiger partial charge is 0.219 e. The van der Waals surface area contributed by atoms with Crippen LogP contribution < -0.4 is 4.74 Å². The Kier molecular flexibility index (Phi) is 5.64. The van der Waals surface area contributed by atoms with Gasteiger partial charge >= 0.3 is 0 Å². The maximum absolute atomic E-state index is 12.6. The van der Waals surface area contributed by atoms with Gasteiger partial charge in [-0.25, -0.2) is 8.42 Å². The normalized spacial score (nSPS) is 19.6. The molecule has 23 heavy (non-hydrogen) atoms. The third-order valence-electron chi connectivity index (χ3n) is 4.09. The maximum Gasteiger partial charge on any atom is 0.219 e. The zero-order valence-electron chi connectivity index (χ0n) is 13.9. The summed E-state index contributed by atoms with van der Waals surface area (Å²) in [5.74, 6) is 0.704. The first-order valence-corrected chi connectivity index (χ1v) is 9.39. The fraction of sp³-hybridized carbons (Fsp3) is 0.562. The molecule has 0 radical (unpaired) electrons. The highest BCUT2D eigenvalue weighted by Gasteiger charge is 2.37. The van der Waals surface area contributed by atoms with E-state index in [4.69, 9.17) is 4.74 Å². The number of amides is 1. The van der Waals surface area contributed by atoms with E-state index < -0.39 is 16.1 Å². The summed E-state index contributed by atoms with van der Waals surface area (Å²) in [5, 5.41) is 0. The van der Waals surface area contributed by atoms with Crippen LogP contribution in [0.4, 0.5) is 0 Å². The van der Waals surface area contributed by atoms with E-state index in [1.165, 1.54) is 11.2 Å². The predicted octanol–water partition coefficient (Wildman–Crippen LogP) is 1.64. The number of methoxy groups -OCH3 is 1. The van der Waals surface area contributed by atoms with Gasteiger partial charge in [0.2, 0.25) is 15.9 Å². The number of para-hydroxylation sites is 1. The molecule has 0 bridgehead atoms. The third-order valence-corrected chi connectivity index (χ3v) is 6.17. The summed E-state index contributed by atoms with van der Waals surface area (Å²) < 4.78 is 32.2. The number of ether oxygens (including phenoxy) is 1. The molecule has 6 nitrogen and oxygen atoms in total. The number of rotatable bonds is 5. The van der Waals surface area contributed by atoms with E-state index in [1.54, 1.807) is 12.0 Å². The number of nitrogens with zero attached hydrogens (tertiary/aromatic N) is 2. The fourth-order valence-corrected chi connectivity index (χ4v) is 4.63. The molecule has 7 heteroatoms. The van der Waals surface area contributed by atoms with E-state index in [2.05, 4.69) is 0 Å². The van der Waals surface area contributed by atoms with Crippen molar-refractivity contribution in [3.8, 4) is 5.75 Å². The molecule has 1 aliphatic heterocycles. The van der Waals surface area contributed by atoms with Crippen LogP contribution >= 0.6 is 0 Å². The molecular weight excluding hydrogens is 316 g/mol. The summed E-state index contributed by atoms with van der Waals surface area (Å²) in [5.41, 5.74) is 0.792. The number of hydrogen-bond donors (Lipinski definition) is 0. The van der Waals surface area contributed by atoms with Gasteiger partial charge in [-0.15, -0.1) is 0 Å². The van der Waals surface area contributed by atoms with Crippen molar-refractivity contribution in [2.75, 3.05) is 32.5 Å². The zero-order chi connectivity index (χ0) is 17.0. The fourth-order valence-electron chi connectivity index (χ4n) is 2.96. The van der Waals surface area contributed by atoms with Crippen LogP contribution in [0.25, 0.3) is 0 Å². The van der Waals surface area contributed by atoms with Crippen LogP contribution in [0.15, 0.2) is 24.3 Å². The Morgan fingerprint density at radius 1 is 1.30 bits per heavy atom. The van der Waals surface area contributed by atoms with Crippen LogP contribution in [0.2, 0.25) is 0 Å². The van der Waals surface area contributed by atoms with E-state index >= 15 is 0 Å². The van der Waals surface area contributed by atoms with Crippen molar-refractivity contribution in [3.05, 3.63) is 29.8 Å². The standard InChI is InChI=1S/C16H24N2O4S/c1-4-11-23(20,21)18-10-9-17(13(2)19)12-15(18)14-7-5-6-8-16(14)22-3/h5-8,15H,4,9-12H2,1-3H3/t15-/m0/s1. The minimum atomic E-state index is -3.37. The molecule has 0 aliphatic carbocycles. The SMILES string of the molecule is CCCS(=O)(=O)N1CCN(C(C)=O)C[C@H]1c1ccccc1OC. The van der Waals surface area contributed by atoms with Gasteiger partial charge in [-0.05, 0) is 12.5 Å². The summed E-state index contributed by atoms with van der Waals surface area (Å²) in [7, 11) is -1.80. The minimum Gasteiger partial charge on any atom is -0.496 e. The molecule has 2 rings (SSSR count). The quantitative estimate of drug-likeness (QED) is 0.817. The summed E-state index contributed by atoms with van der Waals surface area (Å²) in [4.78, 5) is 13.4. The van der Waals surface area contributed by atoms with Gasteiger partial charge in [0.15, 0.2) is 0 Å². The van der Waals surface area contributed by atoms with Gasteiger partial charge in [-0.3, -0.25) is 4.79 Å². The molecule has 0 aromatic heterocycles. The van der Waals surface area contributed by atoms with Gasteiger partial charge in [-0.2, -0.15) is 4.31 Å². The van der Waals surface area contributed by atoms with E-state index in [-0.39, 0.29) is 11.7 Å².